The van der Waals surface area contributed by atoms with E-state index in [0.29, 0.717) is 57.6 Å². The van der Waals surface area contributed by atoms with Gasteiger partial charge in [-0.3, -0.25) is 0 Å². The molecule has 0 N–H and O–H groups in total. The Labute approximate surface area is 574 Å². The molecule has 4 aromatic heterocycles. The summed E-state index contributed by atoms with van der Waals surface area (Å²) in [6.45, 7) is 16.6. The van der Waals surface area contributed by atoms with Gasteiger partial charge in [-0.1, -0.05) is 58.5 Å². The van der Waals surface area contributed by atoms with Crippen molar-refractivity contribution < 1.29 is 28.4 Å². The first-order valence-corrected chi connectivity index (χ1v) is 33.3. The molecule has 0 aliphatic carbocycles. The average molecular weight is 1380 g/mol. The summed E-state index contributed by atoms with van der Waals surface area (Å²) in [4.78, 5) is 42.8. The largest absolute Gasteiger partial charge is 0.491 e. The number of anilines is 4. The Morgan fingerprint density at radius 2 is 0.781 bits per heavy atom. The number of nitrogens with zero attached hydrogens (tertiary/aromatic N) is 16. The lowest BCUT2D eigenvalue weighted by Gasteiger charge is -2.37. The third-order valence-corrected chi connectivity index (χ3v) is 18.4. The minimum atomic E-state index is -1.16. The van der Waals surface area contributed by atoms with Crippen molar-refractivity contribution in [2.75, 3.05) is 98.4 Å². The van der Waals surface area contributed by atoms with E-state index in [1.807, 2.05) is 88.4 Å². The SMILES string of the molecule is CC(C)n1ncn(-c2ccc(N3CCN(c4ccc(OC[C@@H]5CO[C@@](Cn6cncn6)(c6ccc(Cl)cc6Cl)O5)cc4)CC3)cc2)c1=O.CC(C)n1ncn(-c2ccc(N3CCN(c4ccc(OC[C@H]5CO[C@](Cn6cncn6)(c6ccc(Cl)cc6Cl)O5)cc4)CC3)cc2)c1=O. The molecule has 24 nitrogen and oxygen atoms in total. The van der Waals surface area contributed by atoms with Crippen LogP contribution in [0, 0.1) is 0 Å². The van der Waals surface area contributed by atoms with Gasteiger partial charge >= 0.3 is 11.4 Å². The number of piperazine rings is 2. The predicted octanol–water partition coefficient (Wildman–Crippen LogP) is 10.4. The number of hydrogen-bond donors (Lipinski definition) is 0. The topological polar surface area (TPSA) is 209 Å². The van der Waals surface area contributed by atoms with Crippen LogP contribution in [0.2, 0.25) is 20.1 Å². The van der Waals surface area contributed by atoms with Crippen LogP contribution in [0.4, 0.5) is 22.7 Å². The smallest absolute Gasteiger partial charge is 0.350 e. The van der Waals surface area contributed by atoms with E-state index in [4.69, 9.17) is 74.8 Å². The van der Waals surface area contributed by atoms with E-state index in [1.54, 1.807) is 68.1 Å². The summed E-state index contributed by atoms with van der Waals surface area (Å²) in [5.74, 6) is -0.821. The summed E-state index contributed by atoms with van der Waals surface area (Å²) >= 11 is 25.5. The van der Waals surface area contributed by atoms with Crippen LogP contribution < -0.4 is 40.5 Å². The fourth-order valence-electron chi connectivity index (χ4n) is 12.2. The Bertz CT molecular complexity index is 4050. The van der Waals surface area contributed by atoms with Crippen LogP contribution >= 0.6 is 46.4 Å². The lowest BCUT2D eigenvalue weighted by molar-refractivity contribution is -0.191. The van der Waals surface area contributed by atoms with Gasteiger partial charge in [0.25, 0.3) is 0 Å². The number of hydrogen-bond acceptors (Lipinski definition) is 18. The van der Waals surface area contributed by atoms with Gasteiger partial charge in [-0.25, -0.2) is 47.4 Å². The van der Waals surface area contributed by atoms with Crippen LogP contribution in [0.1, 0.15) is 50.9 Å². The van der Waals surface area contributed by atoms with Crippen LogP contribution in [0.15, 0.2) is 181 Å². The highest BCUT2D eigenvalue weighted by Crippen LogP contribution is 2.42. The van der Waals surface area contributed by atoms with E-state index in [2.05, 4.69) is 98.5 Å². The van der Waals surface area contributed by atoms with Crippen molar-refractivity contribution in [2.24, 2.45) is 0 Å². The Hall–Kier alpha value is -8.72. The summed E-state index contributed by atoms with van der Waals surface area (Å²) in [5.41, 5.74) is 7.23. The molecule has 10 aromatic rings. The maximum atomic E-state index is 12.6. The Morgan fingerprint density at radius 3 is 1.08 bits per heavy atom. The van der Waals surface area contributed by atoms with Gasteiger partial charge < -0.3 is 48.0 Å². The first kappa shape index (κ1) is 65.9. The second-order valence-electron chi connectivity index (χ2n) is 24.3. The van der Waals surface area contributed by atoms with Crippen molar-refractivity contribution in [1.82, 2.24) is 58.2 Å². The monoisotopic (exact) mass is 1380 g/mol. The predicted molar refractivity (Wildman–Crippen MR) is 367 cm³/mol. The number of halogens is 4. The van der Waals surface area contributed by atoms with Gasteiger partial charge in [0.05, 0.1) is 46.7 Å². The molecule has 4 aliphatic heterocycles. The number of ether oxygens (including phenoxy) is 6. The van der Waals surface area contributed by atoms with Gasteiger partial charge in [0, 0.05) is 96.3 Å². The first-order valence-electron chi connectivity index (χ1n) is 31.7. The van der Waals surface area contributed by atoms with Crippen LogP contribution in [0.3, 0.4) is 0 Å². The Balaban J connectivity index is 0.000000174. The molecule has 0 spiro atoms. The quantitative estimate of drug-likeness (QED) is 0.0695. The highest BCUT2D eigenvalue weighted by Gasteiger charge is 2.47. The highest BCUT2D eigenvalue weighted by molar-refractivity contribution is 6.35. The normalized spacial score (nSPS) is 19.7. The van der Waals surface area contributed by atoms with E-state index in [-0.39, 0.29) is 48.8 Å². The lowest BCUT2D eigenvalue weighted by Crippen LogP contribution is -2.46. The molecule has 0 saturated carbocycles. The molecule has 0 radical (unpaired) electrons. The molecular formula is C68H72Cl4N16O8. The molecule has 0 bridgehead atoms. The molecule has 500 valence electrons. The second-order valence-corrected chi connectivity index (χ2v) is 26.0. The van der Waals surface area contributed by atoms with E-state index in [9.17, 15) is 9.59 Å². The van der Waals surface area contributed by atoms with Gasteiger partial charge in [0.2, 0.25) is 11.6 Å². The number of benzene rings is 6. The van der Waals surface area contributed by atoms with Gasteiger partial charge in [-0.15, -0.1) is 0 Å². The van der Waals surface area contributed by atoms with Crippen LogP contribution in [-0.4, -0.2) is 149 Å². The lowest BCUT2D eigenvalue weighted by atomic mass is 10.1. The molecule has 96 heavy (non-hydrogen) atoms. The molecule has 4 aliphatic rings. The van der Waals surface area contributed by atoms with Crippen LogP contribution in [0.25, 0.3) is 11.4 Å². The third kappa shape index (κ3) is 14.7. The Morgan fingerprint density at radius 1 is 0.448 bits per heavy atom. The highest BCUT2D eigenvalue weighted by atomic mass is 35.5. The molecular weight excluding hydrogens is 1310 g/mol. The third-order valence-electron chi connectivity index (χ3n) is 17.3. The molecule has 0 unspecified atom stereocenters. The van der Waals surface area contributed by atoms with E-state index in [0.717, 1.165) is 98.0 Å². The van der Waals surface area contributed by atoms with Crippen LogP contribution in [-0.2, 0) is 43.6 Å². The average Bonchev–Trinajstić information content (AvgIpc) is 1.58. The zero-order valence-electron chi connectivity index (χ0n) is 53.3. The van der Waals surface area contributed by atoms with Crippen molar-refractivity contribution in [3.63, 3.8) is 0 Å². The number of aromatic nitrogens is 12. The van der Waals surface area contributed by atoms with Crippen molar-refractivity contribution in [3.05, 3.63) is 224 Å². The molecule has 6 aromatic carbocycles. The molecule has 0 amide bonds. The van der Waals surface area contributed by atoms with Crippen LogP contribution in [0.5, 0.6) is 11.5 Å². The maximum absolute atomic E-state index is 12.6. The number of rotatable bonds is 20. The maximum Gasteiger partial charge on any atom is 0.350 e. The fraction of sp³-hybridized carbons (Fsp3) is 0.353. The molecule has 8 heterocycles. The van der Waals surface area contributed by atoms with Gasteiger partial charge in [0.15, 0.2) is 0 Å². The Kier molecular flexibility index (Phi) is 19.9. The summed E-state index contributed by atoms with van der Waals surface area (Å²) < 4.78 is 47.1. The van der Waals surface area contributed by atoms with Crippen molar-refractivity contribution in [2.45, 2.75) is 76.7 Å². The van der Waals surface area contributed by atoms with Gasteiger partial charge in [-0.2, -0.15) is 20.4 Å². The summed E-state index contributed by atoms with van der Waals surface area (Å²) in [5, 5.41) is 18.9. The summed E-state index contributed by atoms with van der Waals surface area (Å²) in [7, 11) is 0. The molecule has 28 heteroatoms. The zero-order valence-corrected chi connectivity index (χ0v) is 56.3. The first-order chi connectivity index (χ1) is 46.6. The molecule has 4 saturated heterocycles. The minimum Gasteiger partial charge on any atom is -0.491 e. The molecule has 4 fully saturated rings. The van der Waals surface area contributed by atoms with Gasteiger partial charge in [-0.05, 0) is 149 Å². The van der Waals surface area contributed by atoms with Crippen molar-refractivity contribution in [1.29, 1.82) is 0 Å². The molecule has 4 atom stereocenters. The van der Waals surface area contributed by atoms with E-state index < -0.39 is 11.6 Å². The standard InChI is InChI=1S/2C34H36Cl2N8O4/c2*1-24(2)44-33(45)43(23-39-44)28-6-4-26(5-7-28)40-13-15-41(16-14-40)27-8-10-29(11-9-27)46-18-30-19-47-34(48-30,20-42-22-37-21-38-42)31-12-3-25(35)17-32(31)36/h2*3-12,17,21-24,30H,13-16,18-20H2,1-2H3/t2*30-,34-/m10/s1. The molecule has 14 rings (SSSR count). The van der Waals surface area contributed by atoms with Crippen molar-refractivity contribution >= 4 is 69.2 Å². The minimum absolute atomic E-state index is 0.0136. The second kappa shape index (κ2) is 28.9. The fourth-order valence-corrected chi connectivity index (χ4v) is 13.3. The zero-order chi connectivity index (χ0) is 66.5. The van der Waals surface area contributed by atoms with Crippen molar-refractivity contribution in [3.8, 4) is 22.9 Å². The van der Waals surface area contributed by atoms with E-state index >= 15 is 0 Å². The summed E-state index contributed by atoms with van der Waals surface area (Å²) in [6, 6.07) is 43.0. The van der Waals surface area contributed by atoms with Gasteiger partial charge in [0.1, 0.15) is 88.0 Å². The summed E-state index contributed by atoms with van der Waals surface area (Å²) in [6.07, 6.45) is 8.64. The van der Waals surface area contributed by atoms with E-state index in [1.165, 1.54) is 22.0 Å².